The Morgan fingerprint density at radius 3 is 3.00 bits per heavy atom. The van der Waals surface area contributed by atoms with Crippen LogP contribution in [-0.2, 0) is 0 Å². The number of hydrogen-bond donors (Lipinski definition) is 1. The van der Waals surface area contributed by atoms with Crippen LogP contribution in [0.4, 0.5) is 5.82 Å². The van der Waals surface area contributed by atoms with E-state index in [1.54, 1.807) is 0 Å². The van der Waals surface area contributed by atoms with Gasteiger partial charge in [0, 0.05) is 19.2 Å². The average Bonchev–Trinajstić information content (AvgIpc) is 2.39. The van der Waals surface area contributed by atoms with Crippen LogP contribution in [0, 0.1) is 9.49 Å². The molecule has 1 aliphatic rings. The molecule has 1 heterocycles. The fourth-order valence-electron chi connectivity index (χ4n) is 2.65. The number of halogens is 1. The normalized spacial score (nSPS) is 24.6. The van der Waals surface area contributed by atoms with Crippen molar-refractivity contribution in [1.29, 1.82) is 0 Å². The molecule has 2 rings (SSSR count). The molecule has 0 radical (unpaired) electrons. The third-order valence-corrected chi connectivity index (χ3v) is 4.51. The molecule has 1 N–H and O–H groups in total. The summed E-state index contributed by atoms with van der Waals surface area (Å²) in [4.78, 5) is 9.17. The Morgan fingerprint density at radius 2 is 2.29 bits per heavy atom. The molecule has 1 fully saturated rings. The number of anilines is 1. The van der Waals surface area contributed by atoms with Gasteiger partial charge in [0.05, 0.1) is 3.57 Å². The quantitative estimate of drug-likeness (QED) is 0.847. The molecule has 94 valence electrons. The number of nitrogens with zero attached hydrogens (tertiary/aromatic N) is 2. The van der Waals surface area contributed by atoms with Gasteiger partial charge in [0.2, 0.25) is 0 Å². The van der Waals surface area contributed by atoms with Gasteiger partial charge in [-0.25, -0.2) is 9.97 Å². The molecule has 4 heteroatoms. The zero-order chi connectivity index (χ0) is 12.3. The summed E-state index contributed by atoms with van der Waals surface area (Å²) in [6, 6.07) is 0. The lowest BCUT2D eigenvalue weighted by molar-refractivity contribution is 0.307. The van der Waals surface area contributed by atoms with Gasteiger partial charge < -0.3 is 5.32 Å². The highest BCUT2D eigenvalue weighted by Gasteiger charge is 2.24. The summed E-state index contributed by atoms with van der Waals surface area (Å²) in [5.41, 5.74) is 0. The molecular weight excluding hydrogens is 325 g/mol. The molecule has 0 amide bonds. The van der Waals surface area contributed by atoms with E-state index in [1.165, 1.54) is 32.1 Å². The van der Waals surface area contributed by atoms with Crippen LogP contribution in [-0.4, -0.2) is 17.0 Å². The monoisotopic (exact) mass is 345 g/mol. The van der Waals surface area contributed by atoms with Crippen LogP contribution in [0.2, 0.25) is 0 Å². The van der Waals surface area contributed by atoms with Gasteiger partial charge in [0.15, 0.2) is 0 Å². The molecule has 1 saturated carbocycles. The third-order valence-electron chi connectivity index (χ3n) is 3.72. The Labute approximate surface area is 117 Å². The van der Waals surface area contributed by atoms with Gasteiger partial charge in [-0.05, 0) is 41.4 Å². The smallest absolute Gasteiger partial charge is 0.142 e. The first-order valence-corrected chi connectivity index (χ1v) is 7.52. The van der Waals surface area contributed by atoms with Gasteiger partial charge in [0.1, 0.15) is 11.6 Å². The molecule has 0 aromatic carbocycles. The van der Waals surface area contributed by atoms with Gasteiger partial charge in [0.25, 0.3) is 0 Å². The fourth-order valence-corrected chi connectivity index (χ4v) is 3.18. The van der Waals surface area contributed by atoms with Crippen molar-refractivity contribution in [3.8, 4) is 0 Å². The Kier molecular flexibility index (Phi) is 4.59. The lowest BCUT2D eigenvalue weighted by Crippen LogP contribution is -2.16. The maximum absolute atomic E-state index is 4.65. The summed E-state index contributed by atoms with van der Waals surface area (Å²) in [7, 11) is 1.92. The van der Waals surface area contributed by atoms with Crippen molar-refractivity contribution in [2.75, 3.05) is 12.4 Å². The van der Waals surface area contributed by atoms with E-state index in [9.17, 15) is 0 Å². The van der Waals surface area contributed by atoms with Gasteiger partial charge in [-0.1, -0.05) is 26.2 Å². The van der Waals surface area contributed by atoms with E-state index < -0.39 is 0 Å². The minimum atomic E-state index is 0.567. The van der Waals surface area contributed by atoms with E-state index in [-0.39, 0.29) is 0 Å². The summed E-state index contributed by atoms with van der Waals surface area (Å²) in [5.74, 6) is 3.44. The Hall–Kier alpha value is -0.390. The molecular formula is C13H20IN3. The first-order chi connectivity index (χ1) is 8.24. The molecule has 2 unspecified atom stereocenters. The summed E-state index contributed by atoms with van der Waals surface area (Å²) >= 11 is 2.27. The highest BCUT2D eigenvalue weighted by molar-refractivity contribution is 14.1. The van der Waals surface area contributed by atoms with Gasteiger partial charge >= 0.3 is 0 Å². The highest BCUT2D eigenvalue weighted by Crippen LogP contribution is 2.36. The molecule has 1 aliphatic carbocycles. The Morgan fingerprint density at radius 1 is 1.47 bits per heavy atom. The average molecular weight is 345 g/mol. The van der Waals surface area contributed by atoms with E-state index in [1.807, 2.05) is 13.2 Å². The van der Waals surface area contributed by atoms with E-state index >= 15 is 0 Å². The maximum atomic E-state index is 4.65. The molecule has 17 heavy (non-hydrogen) atoms. The highest BCUT2D eigenvalue weighted by atomic mass is 127. The molecule has 1 aromatic rings. The Balaban J connectivity index is 2.16. The molecule has 0 aliphatic heterocycles. The van der Waals surface area contributed by atoms with Crippen LogP contribution in [0.25, 0.3) is 0 Å². The van der Waals surface area contributed by atoms with Crippen molar-refractivity contribution in [3.63, 3.8) is 0 Å². The second kappa shape index (κ2) is 5.98. The summed E-state index contributed by atoms with van der Waals surface area (Å²) in [6.45, 7) is 2.29. The maximum Gasteiger partial charge on any atom is 0.142 e. The van der Waals surface area contributed by atoms with Crippen molar-refractivity contribution in [2.45, 2.75) is 44.9 Å². The summed E-state index contributed by atoms with van der Waals surface area (Å²) in [6.07, 6.45) is 8.45. The Bertz CT molecular complexity index is 381. The van der Waals surface area contributed by atoms with Crippen LogP contribution < -0.4 is 5.32 Å². The lowest BCUT2D eigenvalue weighted by Gasteiger charge is -2.27. The van der Waals surface area contributed by atoms with Crippen molar-refractivity contribution in [3.05, 3.63) is 15.6 Å². The second-order valence-corrected chi connectivity index (χ2v) is 5.97. The largest absolute Gasteiger partial charge is 0.372 e. The summed E-state index contributed by atoms with van der Waals surface area (Å²) < 4.78 is 1.09. The predicted octanol–water partition coefficient (Wildman–Crippen LogP) is 3.81. The van der Waals surface area contributed by atoms with Crippen molar-refractivity contribution in [1.82, 2.24) is 9.97 Å². The summed E-state index contributed by atoms with van der Waals surface area (Å²) in [5, 5.41) is 3.14. The number of rotatable bonds is 3. The van der Waals surface area contributed by atoms with E-state index in [2.05, 4.69) is 44.8 Å². The topological polar surface area (TPSA) is 37.8 Å². The molecule has 0 bridgehead atoms. The SMILES string of the molecule is CCC1CCCC(c2ncc(I)c(NC)n2)C1. The van der Waals surface area contributed by atoms with Gasteiger partial charge in [-0.3, -0.25) is 0 Å². The minimum absolute atomic E-state index is 0.567. The molecule has 0 saturated heterocycles. The first kappa shape index (κ1) is 13.1. The lowest BCUT2D eigenvalue weighted by atomic mass is 9.80. The molecule has 3 nitrogen and oxygen atoms in total. The van der Waals surface area contributed by atoms with Gasteiger partial charge in [-0.15, -0.1) is 0 Å². The van der Waals surface area contributed by atoms with E-state index in [4.69, 9.17) is 0 Å². The van der Waals surface area contributed by atoms with Crippen LogP contribution in [0.15, 0.2) is 6.20 Å². The van der Waals surface area contributed by atoms with E-state index in [0.717, 1.165) is 21.1 Å². The molecule has 2 atom stereocenters. The molecule has 1 aromatic heterocycles. The minimum Gasteiger partial charge on any atom is -0.372 e. The second-order valence-electron chi connectivity index (χ2n) is 4.81. The van der Waals surface area contributed by atoms with Crippen LogP contribution in [0.1, 0.15) is 50.8 Å². The zero-order valence-electron chi connectivity index (χ0n) is 10.5. The fraction of sp³-hybridized carbons (Fsp3) is 0.692. The standard InChI is InChI=1S/C13H20IN3/c1-3-9-5-4-6-10(7-9)12-16-8-11(14)13(15-2)17-12/h8-10H,3-7H2,1-2H3,(H,15,16,17). The van der Waals surface area contributed by atoms with Crippen LogP contribution in [0.5, 0.6) is 0 Å². The van der Waals surface area contributed by atoms with Crippen molar-refractivity contribution in [2.24, 2.45) is 5.92 Å². The first-order valence-electron chi connectivity index (χ1n) is 6.44. The van der Waals surface area contributed by atoms with Gasteiger partial charge in [-0.2, -0.15) is 0 Å². The number of nitrogens with one attached hydrogen (secondary N) is 1. The van der Waals surface area contributed by atoms with Crippen LogP contribution in [0.3, 0.4) is 0 Å². The van der Waals surface area contributed by atoms with Crippen molar-refractivity contribution >= 4 is 28.4 Å². The van der Waals surface area contributed by atoms with Crippen molar-refractivity contribution < 1.29 is 0 Å². The molecule has 0 spiro atoms. The van der Waals surface area contributed by atoms with Crippen LogP contribution >= 0.6 is 22.6 Å². The number of hydrogen-bond acceptors (Lipinski definition) is 3. The predicted molar refractivity (Wildman–Crippen MR) is 79.3 cm³/mol. The third kappa shape index (κ3) is 3.09. The number of aromatic nitrogens is 2. The van der Waals surface area contributed by atoms with E-state index in [0.29, 0.717) is 5.92 Å². The zero-order valence-corrected chi connectivity index (χ0v) is 12.7.